The van der Waals surface area contributed by atoms with Gasteiger partial charge in [0.25, 0.3) is 5.91 Å². The lowest BCUT2D eigenvalue weighted by molar-refractivity contribution is 0.0996. The predicted octanol–water partition coefficient (Wildman–Crippen LogP) is 1.18. The largest absolute Gasteiger partial charge is 0.488 e. The summed E-state index contributed by atoms with van der Waals surface area (Å²) in [6.07, 6.45) is 0.847. The van der Waals surface area contributed by atoms with E-state index in [2.05, 4.69) is 16.4 Å². The van der Waals surface area contributed by atoms with Crippen molar-refractivity contribution in [2.24, 2.45) is 5.73 Å². The first-order valence-electron chi connectivity index (χ1n) is 6.68. The third-order valence-electron chi connectivity index (χ3n) is 3.39. The molecule has 6 nitrogen and oxygen atoms in total. The maximum atomic E-state index is 11.1. The smallest absolute Gasteiger partial charge is 0.267 e. The molecule has 0 aliphatic carbocycles. The number of ether oxygens (including phenoxy) is 1. The van der Waals surface area contributed by atoms with Gasteiger partial charge in [-0.25, -0.2) is 4.98 Å². The van der Waals surface area contributed by atoms with Crippen LogP contribution in [0.3, 0.4) is 0 Å². The number of rotatable bonds is 4. The maximum absolute atomic E-state index is 11.1. The number of pyridine rings is 1. The van der Waals surface area contributed by atoms with Crippen LogP contribution in [0.25, 0.3) is 0 Å². The summed E-state index contributed by atoms with van der Waals surface area (Å²) in [6.45, 7) is 0.550. The van der Waals surface area contributed by atoms with Crippen LogP contribution in [0.15, 0.2) is 36.4 Å². The Morgan fingerprint density at radius 2 is 2.14 bits per heavy atom. The summed E-state index contributed by atoms with van der Waals surface area (Å²) >= 11 is 0. The van der Waals surface area contributed by atoms with Crippen LogP contribution in [-0.2, 0) is 6.42 Å². The Kier molecular flexibility index (Phi) is 3.35. The fraction of sp³-hybridized carbons (Fsp3) is 0.200. The van der Waals surface area contributed by atoms with E-state index < -0.39 is 5.91 Å². The zero-order valence-electron chi connectivity index (χ0n) is 11.4. The fourth-order valence-corrected chi connectivity index (χ4v) is 2.33. The van der Waals surface area contributed by atoms with Crippen molar-refractivity contribution in [3.63, 3.8) is 0 Å². The topological polar surface area (TPSA) is 103 Å². The highest BCUT2D eigenvalue weighted by Crippen LogP contribution is 2.28. The van der Waals surface area contributed by atoms with Crippen LogP contribution in [0.5, 0.6) is 5.75 Å². The molecule has 1 aliphatic heterocycles. The third-order valence-corrected chi connectivity index (χ3v) is 3.39. The summed E-state index contributed by atoms with van der Waals surface area (Å²) < 4.78 is 5.82. The molecule has 2 heterocycles. The van der Waals surface area contributed by atoms with Crippen molar-refractivity contribution in [2.45, 2.75) is 12.5 Å². The Labute approximate surface area is 122 Å². The van der Waals surface area contributed by atoms with Gasteiger partial charge in [-0.2, -0.15) is 0 Å². The molecule has 5 N–H and O–H groups in total. The van der Waals surface area contributed by atoms with Crippen LogP contribution < -0.4 is 21.5 Å². The van der Waals surface area contributed by atoms with Crippen LogP contribution >= 0.6 is 0 Å². The minimum absolute atomic E-state index is 0.0147. The highest BCUT2D eigenvalue weighted by atomic mass is 16.5. The molecule has 0 spiro atoms. The van der Waals surface area contributed by atoms with Crippen molar-refractivity contribution in [1.82, 2.24) is 4.98 Å². The summed E-state index contributed by atoms with van der Waals surface area (Å²) in [5, 5.41) is 3.12. The highest BCUT2D eigenvalue weighted by molar-refractivity contribution is 5.91. The molecule has 1 atom stereocenters. The van der Waals surface area contributed by atoms with E-state index in [0.717, 1.165) is 12.2 Å². The number of fused-ring (bicyclic) bond motifs is 1. The Hall–Kier alpha value is -2.76. The minimum atomic E-state index is -0.581. The molecule has 1 amide bonds. The van der Waals surface area contributed by atoms with E-state index in [1.54, 1.807) is 6.07 Å². The number of nitrogen functional groups attached to an aromatic ring is 1. The quantitative estimate of drug-likeness (QED) is 0.782. The van der Waals surface area contributed by atoms with Gasteiger partial charge in [-0.05, 0) is 23.8 Å². The lowest BCUT2D eigenvalue weighted by Gasteiger charge is -2.14. The van der Waals surface area contributed by atoms with E-state index in [1.807, 2.05) is 18.2 Å². The van der Waals surface area contributed by atoms with Gasteiger partial charge < -0.3 is 21.5 Å². The van der Waals surface area contributed by atoms with E-state index >= 15 is 0 Å². The van der Waals surface area contributed by atoms with Crippen molar-refractivity contribution < 1.29 is 9.53 Å². The SMILES string of the molecule is NC(=O)c1ccc(N)c(NCC2Cc3ccccc3O2)n1. The second-order valence-electron chi connectivity index (χ2n) is 4.93. The molecule has 2 aromatic rings. The molecule has 0 fully saturated rings. The molecular formula is C15H16N4O2. The standard InChI is InChI=1S/C15H16N4O2/c16-11-5-6-12(14(17)20)19-15(11)18-8-10-7-9-3-1-2-4-13(9)21-10/h1-6,10H,7-8,16H2,(H2,17,20)(H,18,19). The number of primary amides is 1. The molecule has 0 saturated carbocycles. The minimum Gasteiger partial charge on any atom is -0.488 e. The van der Waals surface area contributed by atoms with Crippen molar-refractivity contribution in [1.29, 1.82) is 0 Å². The Balaban J connectivity index is 1.67. The van der Waals surface area contributed by atoms with E-state index in [4.69, 9.17) is 16.2 Å². The number of hydrogen-bond acceptors (Lipinski definition) is 5. The summed E-state index contributed by atoms with van der Waals surface area (Å²) in [4.78, 5) is 15.3. The number of para-hydroxylation sites is 1. The monoisotopic (exact) mass is 284 g/mol. The Bertz CT molecular complexity index is 662. The average molecular weight is 284 g/mol. The fourth-order valence-electron chi connectivity index (χ4n) is 2.33. The number of hydrogen-bond donors (Lipinski definition) is 3. The van der Waals surface area contributed by atoms with Gasteiger partial charge in [-0.15, -0.1) is 0 Å². The normalized spacial score (nSPS) is 16.1. The maximum Gasteiger partial charge on any atom is 0.267 e. The highest BCUT2D eigenvalue weighted by Gasteiger charge is 2.22. The molecule has 3 rings (SSSR count). The molecule has 1 aromatic heterocycles. The van der Waals surface area contributed by atoms with Gasteiger partial charge in [0.05, 0.1) is 12.2 Å². The van der Waals surface area contributed by atoms with Gasteiger partial charge in [0.1, 0.15) is 23.4 Å². The summed E-state index contributed by atoms with van der Waals surface area (Å²) in [5.41, 5.74) is 12.9. The summed E-state index contributed by atoms with van der Waals surface area (Å²) in [6, 6.07) is 11.1. The number of nitrogens with one attached hydrogen (secondary N) is 1. The van der Waals surface area contributed by atoms with Crippen molar-refractivity contribution in [2.75, 3.05) is 17.6 Å². The second kappa shape index (κ2) is 5.32. The second-order valence-corrected chi connectivity index (χ2v) is 4.93. The van der Waals surface area contributed by atoms with E-state index in [0.29, 0.717) is 18.1 Å². The van der Waals surface area contributed by atoms with Crippen LogP contribution in [0.2, 0.25) is 0 Å². The molecule has 108 valence electrons. The van der Waals surface area contributed by atoms with E-state index in [9.17, 15) is 4.79 Å². The number of aromatic nitrogens is 1. The number of benzene rings is 1. The van der Waals surface area contributed by atoms with Crippen molar-refractivity contribution >= 4 is 17.4 Å². The number of nitrogens with two attached hydrogens (primary N) is 2. The molecule has 0 radical (unpaired) electrons. The first kappa shape index (κ1) is 13.2. The number of amides is 1. The van der Waals surface area contributed by atoms with E-state index in [-0.39, 0.29) is 11.8 Å². The molecule has 0 saturated heterocycles. The summed E-state index contributed by atoms with van der Waals surface area (Å²) in [7, 11) is 0. The van der Waals surface area contributed by atoms with Crippen LogP contribution in [0, 0.1) is 0 Å². The molecular weight excluding hydrogens is 268 g/mol. The zero-order chi connectivity index (χ0) is 14.8. The average Bonchev–Trinajstić information content (AvgIpc) is 2.89. The number of carbonyl (C=O) groups is 1. The van der Waals surface area contributed by atoms with Gasteiger partial charge in [-0.3, -0.25) is 4.79 Å². The summed E-state index contributed by atoms with van der Waals surface area (Å²) in [5.74, 6) is 0.782. The number of anilines is 2. The lowest BCUT2D eigenvalue weighted by Crippen LogP contribution is -2.25. The predicted molar refractivity (Wildman–Crippen MR) is 80.2 cm³/mol. The van der Waals surface area contributed by atoms with Gasteiger partial charge in [0.2, 0.25) is 0 Å². The van der Waals surface area contributed by atoms with Crippen LogP contribution in [-0.4, -0.2) is 23.5 Å². The molecule has 6 heteroatoms. The van der Waals surface area contributed by atoms with Gasteiger partial charge in [-0.1, -0.05) is 18.2 Å². The third kappa shape index (κ3) is 2.74. The molecule has 1 aromatic carbocycles. The molecule has 21 heavy (non-hydrogen) atoms. The van der Waals surface area contributed by atoms with Crippen molar-refractivity contribution in [3.05, 3.63) is 47.7 Å². The first-order chi connectivity index (χ1) is 10.1. The number of carbonyl (C=O) groups excluding carboxylic acids is 1. The van der Waals surface area contributed by atoms with Crippen LogP contribution in [0.4, 0.5) is 11.5 Å². The zero-order valence-corrected chi connectivity index (χ0v) is 11.4. The Morgan fingerprint density at radius 1 is 1.33 bits per heavy atom. The number of nitrogens with zero attached hydrogens (tertiary/aromatic N) is 1. The van der Waals surface area contributed by atoms with Gasteiger partial charge in [0, 0.05) is 6.42 Å². The van der Waals surface area contributed by atoms with Crippen LogP contribution in [0.1, 0.15) is 16.1 Å². The van der Waals surface area contributed by atoms with Gasteiger partial charge in [0.15, 0.2) is 0 Å². The van der Waals surface area contributed by atoms with Crippen molar-refractivity contribution in [3.8, 4) is 5.75 Å². The molecule has 1 aliphatic rings. The van der Waals surface area contributed by atoms with Gasteiger partial charge >= 0.3 is 0 Å². The molecule has 0 bridgehead atoms. The first-order valence-corrected chi connectivity index (χ1v) is 6.68. The lowest BCUT2D eigenvalue weighted by atomic mass is 10.1. The molecule has 1 unspecified atom stereocenters. The Morgan fingerprint density at radius 3 is 2.90 bits per heavy atom. The van der Waals surface area contributed by atoms with E-state index in [1.165, 1.54) is 11.6 Å².